The Morgan fingerprint density at radius 1 is 0.938 bits per heavy atom. The second-order valence-corrected chi connectivity index (χ2v) is 9.26. The molecule has 3 rings (SSSR count). The number of nitrogens with one attached hydrogen (secondary N) is 1. The number of halogens is 1. The first-order valence-electron chi connectivity index (χ1n) is 9.80. The largest absolute Gasteiger partial charge is 0.345 e. The summed E-state index contributed by atoms with van der Waals surface area (Å²) in [6, 6.07) is 17.4. The van der Waals surface area contributed by atoms with Crippen LogP contribution in [0.2, 0.25) is 0 Å². The average molecular weight is 455 g/mol. The monoisotopic (exact) mass is 454 g/mol. The van der Waals surface area contributed by atoms with Gasteiger partial charge in [-0.25, -0.2) is 17.5 Å². The average Bonchev–Trinajstić information content (AvgIpc) is 2.79. The van der Waals surface area contributed by atoms with Gasteiger partial charge in [0.15, 0.2) is 5.78 Å². The molecule has 0 aliphatic carbocycles. The van der Waals surface area contributed by atoms with Crippen LogP contribution in [0.25, 0.3) is 11.1 Å². The fourth-order valence-electron chi connectivity index (χ4n) is 3.17. The molecule has 8 heteroatoms. The van der Waals surface area contributed by atoms with E-state index in [2.05, 4.69) is 4.72 Å². The Kier molecular flexibility index (Phi) is 6.86. The molecule has 3 aromatic carbocycles. The maximum Gasteiger partial charge on any atom is 0.253 e. The number of benzene rings is 3. The van der Waals surface area contributed by atoms with Crippen LogP contribution in [-0.2, 0) is 10.0 Å². The lowest BCUT2D eigenvalue weighted by Crippen LogP contribution is -2.30. The number of rotatable bonds is 7. The standard InChI is InChI=1S/C24H23FN2O4S/c1-16-12-19(17-8-7-9-18(13-17)24(29)27(2)3)14-21(23(16)25)22(28)15-26-32(30,31)20-10-5-4-6-11-20/h4-14,26H,15H2,1-3H3. The number of carbonyl (C=O) groups is 2. The molecule has 0 bridgehead atoms. The van der Waals surface area contributed by atoms with E-state index in [4.69, 9.17) is 0 Å². The molecule has 0 fully saturated rings. The highest BCUT2D eigenvalue weighted by Crippen LogP contribution is 2.26. The Morgan fingerprint density at radius 3 is 2.28 bits per heavy atom. The molecule has 0 aliphatic rings. The minimum absolute atomic E-state index is 0.0144. The van der Waals surface area contributed by atoms with Crippen LogP contribution in [0.1, 0.15) is 26.3 Å². The number of carbonyl (C=O) groups excluding carboxylic acids is 2. The summed E-state index contributed by atoms with van der Waals surface area (Å²) < 4.78 is 41.7. The number of nitrogens with zero attached hydrogens (tertiary/aromatic N) is 1. The molecule has 0 aromatic heterocycles. The van der Waals surface area contributed by atoms with Crippen LogP contribution in [0.5, 0.6) is 0 Å². The highest BCUT2D eigenvalue weighted by atomic mass is 32.2. The zero-order valence-electron chi connectivity index (χ0n) is 17.9. The second-order valence-electron chi connectivity index (χ2n) is 7.50. The molecule has 1 N–H and O–H groups in total. The molecule has 0 atom stereocenters. The predicted molar refractivity (Wildman–Crippen MR) is 121 cm³/mol. The minimum atomic E-state index is -3.91. The van der Waals surface area contributed by atoms with E-state index in [9.17, 15) is 22.4 Å². The third-order valence-electron chi connectivity index (χ3n) is 4.88. The van der Waals surface area contributed by atoms with E-state index in [1.165, 1.54) is 30.0 Å². The molecular weight excluding hydrogens is 431 g/mol. The van der Waals surface area contributed by atoms with Crippen LogP contribution in [0.4, 0.5) is 4.39 Å². The lowest BCUT2D eigenvalue weighted by Gasteiger charge is -2.13. The highest BCUT2D eigenvalue weighted by Gasteiger charge is 2.20. The van der Waals surface area contributed by atoms with Crippen molar-refractivity contribution in [3.63, 3.8) is 0 Å². The zero-order chi connectivity index (χ0) is 23.5. The van der Waals surface area contributed by atoms with Crippen LogP contribution in [0, 0.1) is 12.7 Å². The molecule has 0 saturated carbocycles. The number of Topliss-reactive ketones (excluding diaryl/α,β-unsaturated/α-hetero) is 1. The van der Waals surface area contributed by atoms with E-state index in [0.717, 1.165) is 0 Å². The van der Waals surface area contributed by atoms with Crippen LogP contribution in [0.3, 0.4) is 0 Å². The number of ketones is 1. The van der Waals surface area contributed by atoms with Crippen LogP contribution < -0.4 is 4.72 Å². The number of hydrogen-bond acceptors (Lipinski definition) is 4. The summed E-state index contributed by atoms with van der Waals surface area (Å²) in [7, 11) is -0.621. The summed E-state index contributed by atoms with van der Waals surface area (Å²) in [6.45, 7) is 0.939. The zero-order valence-corrected chi connectivity index (χ0v) is 18.7. The van der Waals surface area contributed by atoms with Crippen molar-refractivity contribution >= 4 is 21.7 Å². The third kappa shape index (κ3) is 5.09. The summed E-state index contributed by atoms with van der Waals surface area (Å²) in [6.07, 6.45) is 0. The number of aryl methyl sites for hydroxylation is 1. The Hall–Kier alpha value is -3.36. The van der Waals surface area contributed by atoms with Gasteiger partial charge in [-0.15, -0.1) is 0 Å². The maximum atomic E-state index is 14.7. The normalized spacial score (nSPS) is 11.2. The van der Waals surface area contributed by atoms with Gasteiger partial charge in [0.2, 0.25) is 10.0 Å². The molecule has 6 nitrogen and oxygen atoms in total. The first-order chi connectivity index (χ1) is 15.1. The van der Waals surface area contributed by atoms with Gasteiger partial charge >= 0.3 is 0 Å². The van der Waals surface area contributed by atoms with Crippen LogP contribution in [0.15, 0.2) is 71.6 Å². The quantitative estimate of drug-likeness (QED) is 0.552. The van der Waals surface area contributed by atoms with Crippen molar-refractivity contribution in [1.82, 2.24) is 9.62 Å². The van der Waals surface area contributed by atoms with E-state index in [1.54, 1.807) is 62.6 Å². The Balaban J connectivity index is 1.90. The third-order valence-corrected chi connectivity index (χ3v) is 6.30. The molecule has 0 unspecified atom stereocenters. The Bertz CT molecular complexity index is 1270. The van der Waals surface area contributed by atoms with Gasteiger partial charge in [-0.3, -0.25) is 9.59 Å². The van der Waals surface area contributed by atoms with E-state index in [-0.39, 0.29) is 21.9 Å². The van der Waals surface area contributed by atoms with E-state index in [1.807, 2.05) is 0 Å². The second kappa shape index (κ2) is 9.42. The van der Waals surface area contributed by atoms with Crippen molar-refractivity contribution in [3.8, 4) is 11.1 Å². The molecule has 0 aliphatic heterocycles. The van der Waals surface area contributed by atoms with Crippen molar-refractivity contribution in [2.75, 3.05) is 20.6 Å². The van der Waals surface area contributed by atoms with Crippen molar-refractivity contribution in [1.29, 1.82) is 0 Å². The summed E-state index contributed by atoms with van der Waals surface area (Å²) in [5.41, 5.74) is 1.66. The van der Waals surface area contributed by atoms with Gasteiger partial charge in [-0.05, 0) is 60.0 Å². The predicted octanol–water partition coefficient (Wildman–Crippen LogP) is 3.66. The lowest BCUT2D eigenvalue weighted by molar-refractivity contribution is 0.0827. The Labute approximate surface area is 186 Å². The van der Waals surface area contributed by atoms with Crippen LogP contribution >= 0.6 is 0 Å². The van der Waals surface area contributed by atoms with Gasteiger partial charge in [0.1, 0.15) is 5.82 Å². The summed E-state index contributed by atoms with van der Waals surface area (Å²) in [5.74, 6) is -1.59. The van der Waals surface area contributed by atoms with Crippen molar-refractivity contribution in [2.45, 2.75) is 11.8 Å². The number of amides is 1. The van der Waals surface area contributed by atoms with E-state index >= 15 is 0 Å². The van der Waals surface area contributed by atoms with Gasteiger partial charge < -0.3 is 4.90 Å². The smallest absolute Gasteiger partial charge is 0.253 e. The highest BCUT2D eigenvalue weighted by molar-refractivity contribution is 7.89. The molecule has 1 amide bonds. The van der Waals surface area contributed by atoms with Gasteiger partial charge in [0.25, 0.3) is 5.91 Å². The minimum Gasteiger partial charge on any atom is -0.345 e. The SMILES string of the molecule is Cc1cc(-c2cccc(C(=O)N(C)C)c2)cc(C(=O)CNS(=O)(=O)c2ccccc2)c1F. The molecule has 32 heavy (non-hydrogen) atoms. The number of sulfonamides is 1. The first kappa shape index (κ1) is 23.3. The number of hydrogen-bond donors (Lipinski definition) is 1. The lowest BCUT2D eigenvalue weighted by atomic mass is 9.96. The van der Waals surface area contributed by atoms with Gasteiger partial charge in [-0.2, -0.15) is 0 Å². The van der Waals surface area contributed by atoms with Gasteiger partial charge in [0, 0.05) is 19.7 Å². The summed E-state index contributed by atoms with van der Waals surface area (Å²) in [4.78, 5) is 26.4. The maximum absolute atomic E-state index is 14.7. The molecule has 0 heterocycles. The van der Waals surface area contributed by atoms with E-state index in [0.29, 0.717) is 16.7 Å². The molecule has 0 radical (unpaired) electrons. The Morgan fingerprint density at radius 2 is 1.62 bits per heavy atom. The van der Waals surface area contributed by atoms with Gasteiger partial charge in [0.05, 0.1) is 17.0 Å². The molecule has 166 valence electrons. The van der Waals surface area contributed by atoms with Gasteiger partial charge in [-0.1, -0.05) is 30.3 Å². The van der Waals surface area contributed by atoms with E-state index < -0.39 is 28.2 Å². The van der Waals surface area contributed by atoms with Crippen LogP contribution in [-0.4, -0.2) is 45.6 Å². The molecule has 0 saturated heterocycles. The van der Waals surface area contributed by atoms with Crippen molar-refractivity contribution in [2.24, 2.45) is 0 Å². The fraction of sp³-hybridized carbons (Fsp3) is 0.167. The van der Waals surface area contributed by atoms with Crippen molar-refractivity contribution in [3.05, 3.63) is 89.2 Å². The molecule has 0 spiro atoms. The fourth-order valence-corrected chi connectivity index (χ4v) is 4.17. The van der Waals surface area contributed by atoms with Crippen molar-refractivity contribution < 1.29 is 22.4 Å². The summed E-state index contributed by atoms with van der Waals surface area (Å²) in [5, 5.41) is 0. The summed E-state index contributed by atoms with van der Waals surface area (Å²) >= 11 is 0. The molecule has 3 aromatic rings. The first-order valence-corrected chi connectivity index (χ1v) is 11.3. The molecular formula is C24H23FN2O4S. The topological polar surface area (TPSA) is 83.6 Å².